The fraction of sp³-hybridized carbons (Fsp3) is 0.286. The third-order valence-corrected chi connectivity index (χ3v) is 5.18. The molecule has 0 radical (unpaired) electrons. The van der Waals surface area contributed by atoms with E-state index in [0.717, 1.165) is 23.4 Å². The first-order chi connectivity index (χ1) is 16.5. The monoisotopic (exact) mass is 459 g/mol. The second kappa shape index (κ2) is 13.0. The molecule has 0 fully saturated rings. The van der Waals surface area contributed by atoms with E-state index in [4.69, 9.17) is 4.74 Å². The van der Waals surface area contributed by atoms with Crippen LogP contribution in [-0.2, 0) is 16.0 Å². The van der Waals surface area contributed by atoms with Crippen LogP contribution >= 0.6 is 0 Å². The highest BCUT2D eigenvalue weighted by atomic mass is 16.5. The number of nitrogens with one attached hydrogen (secondary N) is 3. The summed E-state index contributed by atoms with van der Waals surface area (Å²) >= 11 is 0. The van der Waals surface area contributed by atoms with Gasteiger partial charge >= 0.3 is 0 Å². The highest BCUT2D eigenvalue weighted by Gasteiger charge is 2.07. The Morgan fingerprint density at radius 2 is 1.47 bits per heavy atom. The lowest BCUT2D eigenvalue weighted by atomic mass is 10.1. The van der Waals surface area contributed by atoms with Crippen LogP contribution in [0.1, 0.15) is 32.3 Å². The van der Waals surface area contributed by atoms with E-state index in [0.29, 0.717) is 36.7 Å². The molecule has 0 spiro atoms. The SMILES string of the molecule is CC(C)CCOc1ccc(NCC(=O)Nc2cccc(NC(=O)CCc3ccccc3)c2)cc1. The van der Waals surface area contributed by atoms with Crippen molar-refractivity contribution in [2.45, 2.75) is 33.1 Å². The molecule has 0 atom stereocenters. The van der Waals surface area contributed by atoms with Crippen molar-refractivity contribution in [1.29, 1.82) is 0 Å². The van der Waals surface area contributed by atoms with E-state index in [1.807, 2.05) is 54.6 Å². The average Bonchev–Trinajstić information content (AvgIpc) is 2.83. The van der Waals surface area contributed by atoms with Crippen LogP contribution in [0, 0.1) is 5.92 Å². The van der Waals surface area contributed by atoms with Gasteiger partial charge in [0.2, 0.25) is 11.8 Å². The van der Waals surface area contributed by atoms with Gasteiger partial charge in [0.25, 0.3) is 0 Å². The van der Waals surface area contributed by atoms with Crippen LogP contribution in [0.3, 0.4) is 0 Å². The summed E-state index contributed by atoms with van der Waals surface area (Å²) in [5.41, 5.74) is 3.24. The smallest absolute Gasteiger partial charge is 0.243 e. The van der Waals surface area contributed by atoms with Crippen molar-refractivity contribution in [2.24, 2.45) is 5.92 Å². The molecule has 2 amide bonds. The highest BCUT2D eigenvalue weighted by molar-refractivity contribution is 5.95. The predicted molar refractivity (Wildman–Crippen MR) is 138 cm³/mol. The van der Waals surface area contributed by atoms with E-state index < -0.39 is 0 Å². The summed E-state index contributed by atoms with van der Waals surface area (Å²) < 4.78 is 5.72. The second-order valence-corrected chi connectivity index (χ2v) is 8.57. The zero-order valence-electron chi connectivity index (χ0n) is 19.8. The molecule has 3 rings (SSSR count). The summed E-state index contributed by atoms with van der Waals surface area (Å²) in [6, 6.07) is 24.6. The molecule has 3 N–H and O–H groups in total. The first kappa shape index (κ1) is 24.8. The van der Waals surface area contributed by atoms with Gasteiger partial charge in [0.15, 0.2) is 0 Å². The first-order valence-corrected chi connectivity index (χ1v) is 11.7. The van der Waals surface area contributed by atoms with Gasteiger partial charge in [0.05, 0.1) is 13.2 Å². The average molecular weight is 460 g/mol. The van der Waals surface area contributed by atoms with E-state index in [2.05, 4.69) is 29.8 Å². The Labute approximate surface area is 201 Å². The van der Waals surface area contributed by atoms with E-state index in [1.165, 1.54) is 0 Å². The molecule has 0 saturated heterocycles. The molecule has 0 aliphatic rings. The minimum Gasteiger partial charge on any atom is -0.494 e. The Hall–Kier alpha value is -3.80. The maximum absolute atomic E-state index is 12.4. The van der Waals surface area contributed by atoms with Gasteiger partial charge < -0.3 is 20.7 Å². The fourth-order valence-corrected chi connectivity index (χ4v) is 3.27. The first-order valence-electron chi connectivity index (χ1n) is 11.7. The van der Waals surface area contributed by atoms with Gasteiger partial charge in [-0.25, -0.2) is 0 Å². The zero-order valence-corrected chi connectivity index (χ0v) is 19.8. The Kier molecular flexibility index (Phi) is 9.52. The number of benzene rings is 3. The van der Waals surface area contributed by atoms with Gasteiger partial charge in [-0.1, -0.05) is 50.2 Å². The van der Waals surface area contributed by atoms with Crippen molar-refractivity contribution in [3.63, 3.8) is 0 Å². The predicted octanol–water partition coefficient (Wildman–Crippen LogP) is 5.73. The number of hydrogen-bond acceptors (Lipinski definition) is 4. The molecule has 6 heteroatoms. The topological polar surface area (TPSA) is 79.5 Å². The molecule has 3 aromatic rings. The van der Waals surface area contributed by atoms with Crippen molar-refractivity contribution < 1.29 is 14.3 Å². The van der Waals surface area contributed by atoms with E-state index in [9.17, 15) is 9.59 Å². The summed E-state index contributed by atoms with van der Waals surface area (Å²) in [5.74, 6) is 1.18. The molecule has 0 aliphatic carbocycles. The maximum atomic E-state index is 12.4. The van der Waals surface area contributed by atoms with Gasteiger partial charge in [0, 0.05) is 23.5 Å². The molecular weight excluding hydrogens is 426 g/mol. The quantitative estimate of drug-likeness (QED) is 0.323. The number of anilines is 3. The molecule has 0 aliphatic heterocycles. The van der Waals surface area contributed by atoms with Gasteiger partial charge in [-0.3, -0.25) is 9.59 Å². The van der Waals surface area contributed by atoms with Crippen LogP contribution in [0.5, 0.6) is 5.75 Å². The van der Waals surface area contributed by atoms with Crippen molar-refractivity contribution in [3.8, 4) is 5.75 Å². The number of rotatable bonds is 12. The van der Waals surface area contributed by atoms with Gasteiger partial charge in [0.1, 0.15) is 5.75 Å². The number of hydrogen-bond donors (Lipinski definition) is 3. The fourth-order valence-electron chi connectivity index (χ4n) is 3.27. The molecule has 0 saturated carbocycles. The summed E-state index contributed by atoms with van der Waals surface area (Å²) in [7, 11) is 0. The number of carbonyl (C=O) groups excluding carboxylic acids is 2. The molecule has 0 aromatic heterocycles. The minimum absolute atomic E-state index is 0.0642. The van der Waals surface area contributed by atoms with Crippen molar-refractivity contribution in [1.82, 2.24) is 0 Å². The number of carbonyl (C=O) groups is 2. The largest absolute Gasteiger partial charge is 0.494 e. The Balaban J connectivity index is 1.41. The standard InChI is InChI=1S/C28H33N3O3/c1-21(2)17-18-34-26-14-12-23(13-15-26)29-20-28(33)31-25-10-6-9-24(19-25)30-27(32)16-11-22-7-4-3-5-8-22/h3-10,12-15,19,21,29H,11,16-18,20H2,1-2H3,(H,30,32)(H,31,33). The van der Waals surface area contributed by atoms with Crippen LogP contribution in [0.15, 0.2) is 78.9 Å². The van der Waals surface area contributed by atoms with Crippen molar-refractivity contribution in [2.75, 3.05) is 29.1 Å². The maximum Gasteiger partial charge on any atom is 0.243 e. The lowest BCUT2D eigenvalue weighted by molar-refractivity contribution is -0.116. The highest BCUT2D eigenvalue weighted by Crippen LogP contribution is 2.18. The molecule has 6 nitrogen and oxygen atoms in total. The molecule has 34 heavy (non-hydrogen) atoms. The molecule has 0 bridgehead atoms. The Bertz CT molecular complexity index is 1050. The molecule has 0 unspecified atom stereocenters. The Morgan fingerprint density at radius 1 is 0.794 bits per heavy atom. The van der Waals surface area contributed by atoms with E-state index in [1.54, 1.807) is 24.3 Å². The number of aryl methyl sites for hydroxylation is 1. The van der Waals surface area contributed by atoms with Crippen molar-refractivity contribution in [3.05, 3.63) is 84.4 Å². The van der Waals surface area contributed by atoms with Crippen LogP contribution < -0.4 is 20.7 Å². The van der Waals surface area contributed by atoms with Crippen molar-refractivity contribution >= 4 is 28.9 Å². The zero-order chi connectivity index (χ0) is 24.2. The summed E-state index contributed by atoms with van der Waals surface area (Å²) in [4.78, 5) is 24.6. The number of amides is 2. The lowest BCUT2D eigenvalue weighted by Gasteiger charge is -2.11. The van der Waals surface area contributed by atoms with E-state index >= 15 is 0 Å². The van der Waals surface area contributed by atoms with Gasteiger partial charge in [-0.15, -0.1) is 0 Å². The van der Waals surface area contributed by atoms with Crippen LogP contribution in [0.25, 0.3) is 0 Å². The summed E-state index contributed by atoms with van der Waals surface area (Å²) in [6.45, 7) is 5.16. The molecule has 0 heterocycles. The van der Waals surface area contributed by atoms with Crippen LogP contribution in [-0.4, -0.2) is 25.0 Å². The third kappa shape index (κ3) is 8.98. The summed E-state index contributed by atoms with van der Waals surface area (Å²) in [6.07, 6.45) is 2.09. The summed E-state index contributed by atoms with van der Waals surface area (Å²) in [5, 5.41) is 8.86. The lowest BCUT2D eigenvalue weighted by Crippen LogP contribution is -2.21. The van der Waals surface area contributed by atoms with E-state index in [-0.39, 0.29) is 18.4 Å². The molecular formula is C28H33N3O3. The Morgan fingerprint density at radius 3 is 2.15 bits per heavy atom. The third-order valence-electron chi connectivity index (χ3n) is 5.18. The second-order valence-electron chi connectivity index (χ2n) is 8.57. The minimum atomic E-state index is -0.176. The molecule has 3 aromatic carbocycles. The number of ether oxygens (including phenoxy) is 1. The normalized spacial score (nSPS) is 10.6. The van der Waals surface area contributed by atoms with Gasteiger partial charge in [-0.05, 0) is 66.8 Å². The van der Waals surface area contributed by atoms with Crippen LogP contribution in [0.4, 0.5) is 17.1 Å². The molecule has 178 valence electrons. The van der Waals surface area contributed by atoms with Crippen LogP contribution in [0.2, 0.25) is 0 Å². The van der Waals surface area contributed by atoms with Gasteiger partial charge in [-0.2, -0.15) is 0 Å².